The van der Waals surface area contributed by atoms with Crippen LogP contribution in [0.3, 0.4) is 0 Å². The Hall–Kier alpha value is -2.29. The molecule has 34 heavy (non-hydrogen) atoms. The van der Waals surface area contributed by atoms with Crippen molar-refractivity contribution in [2.75, 3.05) is 0 Å². The molecule has 2 aromatic carbocycles. The quantitative estimate of drug-likeness (QED) is 0.141. The highest BCUT2D eigenvalue weighted by Gasteiger charge is 2.14. The van der Waals surface area contributed by atoms with E-state index >= 15 is 0 Å². The van der Waals surface area contributed by atoms with Crippen molar-refractivity contribution in [3.8, 4) is 0 Å². The third-order valence-electron chi connectivity index (χ3n) is 7.10. The number of nitrogens with zero attached hydrogens (tertiary/aromatic N) is 2. The van der Waals surface area contributed by atoms with E-state index in [1.54, 1.807) is 0 Å². The number of aryl methyl sites for hydroxylation is 1. The SMILES string of the molecule is CCCCCCCCCCCCn1ccnc1BCCCC(c1ccccc1)c1ccccc1. The lowest BCUT2D eigenvalue weighted by Crippen LogP contribution is -2.26. The maximum atomic E-state index is 4.68. The van der Waals surface area contributed by atoms with Crippen LogP contribution in [-0.4, -0.2) is 16.8 Å². The topological polar surface area (TPSA) is 17.8 Å². The van der Waals surface area contributed by atoms with E-state index in [9.17, 15) is 0 Å². The normalized spacial score (nSPS) is 11.2. The molecular weight excluding hydrogens is 411 g/mol. The molecular formula is C31H45BN2. The Labute approximate surface area is 209 Å². The van der Waals surface area contributed by atoms with Gasteiger partial charge in [-0.25, -0.2) is 0 Å². The van der Waals surface area contributed by atoms with Crippen LogP contribution in [0.4, 0.5) is 0 Å². The van der Waals surface area contributed by atoms with Gasteiger partial charge in [0.1, 0.15) is 0 Å². The molecule has 182 valence electrons. The number of imidazole rings is 1. The molecule has 0 amide bonds. The molecule has 0 aliphatic carbocycles. The van der Waals surface area contributed by atoms with Gasteiger partial charge in [-0.1, -0.05) is 138 Å². The van der Waals surface area contributed by atoms with E-state index in [2.05, 4.69) is 83.3 Å². The molecule has 0 bridgehead atoms. The second-order valence-corrected chi connectivity index (χ2v) is 9.84. The molecule has 3 aromatic rings. The molecule has 2 nitrogen and oxygen atoms in total. The van der Waals surface area contributed by atoms with E-state index in [1.165, 1.54) is 100 Å². The van der Waals surface area contributed by atoms with Crippen molar-refractivity contribution in [3.63, 3.8) is 0 Å². The smallest absolute Gasteiger partial charge is 0.204 e. The second-order valence-electron chi connectivity index (χ2n) is 9.84. The molecule has 0 radical (unpaired) electrons. The van der Waals surface area contributed by atoms with Crippen LogP contribution in [0.5, 0.6) is 0 Å². The zero-order valence-corrected chi connectivity index (χ0v) is 21.5. The third-order valence-corrected chi connectivity index (χ3v) is 7.10. The van der Waals surface area contributed by atoms with Gasteiger partial charge in [0.2, 0.25) is 7.28 Å². The van der Waals surface area contributed by atoms with Crippen LogP contribution >= 0.6 is 0 Å². The van der Waals surface area contributed by atoms with Gasteiger partial charge in [0.05, 0.1) is 5.72 Å². The van der Waals surface area contributed by atoms with Gasteiger partial charge in [-0.05, 0) is 24.0 Å². The minimum absolute atomic E-state index is 0.480. The van der Waals surface area contributed by atoms with Gasteiger partial charge in [-0.2, -0.15) is 0 Å². The first-order valence-electron chi connectivity index (χ1n) is 14.0. The number of unbranched alkanes of at least 4 members (excludes halogenated alkanes) is 9. The van der Waals surface area contributed by atoms with Crippen LogP contribution in [0.15, 0.2) is 73.1 Å². The fourth-order valence-corrected chi connectivity index (χ4v) is 5.07. The first-order chi connectivity index (χ1) is 16.9. The van der Waals surface area contributed by atoms with Gasteiger partial charge in [-0.15, -0.1) is 0 Å². The van der Waals surface area contributed by atoms with Crippen LogP contribution in [0.25, 0.3) is 0 Å². The number of aromatic nitrogens is 2. The fraction of sp³-hybridized carbons (Fsp3) is 0.516. The summed E-state index contributed by atoms with van der Waals surface area (Å²) in [4.78, 5) is 4.68. The van der Waals surface area contributed by atoms with Gasteiger partial charge < -0.3 is 4.57 Å². The highest BCUT2D eigenvalue weighted by atomic mass is 15.0. The zero-order valence-electron chi connectivity index (χ0n) is 21.5. The number of rotatable bonds is 18. The summed E-state index contributed by atoms with van der Waals surface area (Å²) in [6.45, 7) is 3.42. The minimum Gasteiger partial charge on any atom is -0.343 e. The first-order valence-corrected chi connectivity index (χ1v) is 14.0. The van der Waals surface area contributed by atoms with Crippen LogP contribution < -0.4 is 5.72 Å². The number of hydrogen-bond donors (Lipinski definition) is 0. The van der Waals surface area contributed by atoms with Gasteiger partial charge >= 0.3 is 0 Å². The molecule has 3 heteroatoms. The molecule has 0 saturated heterocycles. The van der Waals surface area contributed by atoms with Crippen LogP contribution in [0, 0.1) is 0 Å². The lowest BCUT2D eigenvalue weighted by molar-refractivity contribution is 0.537. The molecule has 1 heterocycles. The predicted octanol–water partition coefficient (Wildman–Crippen LogP) is 7.90. The Morgan fingerprint density at radius 1 is 0.706 bits per heavy atom. The van der Waals surface area contributed by atoms with Crippen LogP contribution in [0.2, 0.25) is 6.32 Å². The lowest BCUT2D eigenvalue weighted by Gasteiger charge is -2.18. The molecule has 0 N–H and O–H groups in total. The maximum Gasteiger partial charge on any atom is 0.204 e. The van der Waals surface area contributed by atoms with Gasteiger partial charge in [0.25, 0.3) is 0 Å². The monoisotopic (exact) mass is 456 g/mol. The summed E-state index contributed by atoms with van der Waals surface area (Å²) in [6, 6.07) is 22.0. The lowest BCUT2D eigenvalue weighted by atomic mass is 9.70. The summed E-state index contributed by atoms with van der Waals surface area (Å²) in [5, 5.41) is 0. The molecule has 3 rings (SSSR count). The summed E-state index contributed by atoms with van der Waals surface area (Å²) < 4.78 is 2.40. The standard InChI is InChI=1S/C31H45BN2/c1-2-3-4-5-6-7-8-9-10-17-26-34-27-25-33-31(34)32-24-18-23-30(28-19-13-11-14-20-28)29-21-15-12-16-22-29/h11-16,19-22,25,27,30,32H,2-10,17-18,23-24,26H2,1H3. The number of benzene rings is 2. The fourth-order valence-electron chi connectivity index (χ4n) is 5.07. The Kier molecular flexibility index (Phi) is 12.7. The molecule has 0 saturated carbocycles. The van der Waals surface area contributed by atoms with E-state index in [4.69, 9.17) is 0 Å². The molecule has 0 fully saturated rings. The molecule has 0 spiro atoms. The van der Waals surface area contributed by atoms with E-state index in [0.29, 0.717) is 5.92 Å². The third kappa shape index (κ3) is 9.53. The molecule has 0 atom stereocenters. The number of hydrogen-bond acceptors (Lipinski definition) is 1. The zero-order chi connectivity index (χ0) is 23.7. The Morgan fingerprint density at radius 3 is 1.85 bits per heavy atom. The van der Waals surface area contributed by atoms with Crippen molar-refractivity contribution in [3.05, 3.63) is 84.2 Å². The maximum absolute atomic E-state index is 4.68. The summed E-state index contributed by atoms with van der Waals surface area (Å²) >= 11 is 0. The summed E-state index contributed by atoms with van der Waals surface area (Å²) in [5.41, 5.74) is 4.12. The van der Waals surface area contributed by atoms with Gasteiger partial charge in [0.15, 0.2) is 0 Å². The molecule has 0 unspecified atom stereocenters. The largest absolute Gasteiger partial charge is 0.343 e. The van der Waals surface area contributed by atoms with Gasteiger partial charge in [-0.3, -0.25) is 4.98 Å². The highest BCUT2D eigenvalue weighted by Crippen LogP contribution is 2.29. The van der Waals surface area contributed by atoms with Crippen molar-refractivity contribution in [2.45, 2.75) is 103 Å². The molecule has 0 aliphatic rings. The minimum atomic E-state index is 0.480. The Bertz CT molecular complexity index is 835. The van der Waals surface area contributed by atoms with E-state index in [0.717, 1.165) is 13.8 Å². The predicted molar refractivity (Wildman–Crippen MR) is 150 cm³/mol. The van der Waals surface area contributed by atoms with Crippen LogP contribution in [0.1, 0.15) is 101 Å². The van der Waals surface area contributed by atoms with Crippen LogP contribution in [-0.2, 0) is 6.54 Å². The van der Waals surface area contributed by atoms with E-state index < -0.39 is 0 Å². The van der Waals surface area contributed by atoms with Crippen molar-refractivity contribution in [2.24, 2.45) is 0 Å². The Balaban J connectivity index is 1.34. The van der Waals surface area contributed by atoms with Crippen molar-refractivity contribution in [1.29, 1.82) is 0 Å². The van der Waals surface area contributed by atoms with Gasteiger partial charge in [0, 0.05) is 24.9 Å². The molecule has 1 aromatic heterocycles. The van der Waals surface area contributed by atoms with E-state index in [1.807, 2.05) is 6.20 Å². The average molecular weight is 457 g/mol. The van der Waals surface area contributed by atoms with Crippen molar-refractivity contribution >= 4 is 13.0 Å². The first kappa shape index (κ1) is 26.3. The average Bonchev–Trinajstić information content (AvgIpc) is 3.33. The second kappa shape index (κ2) is 16.4. The summed E-state index contributed by atoms with van der Waals surface area (Å²) in [7, 11) is 1.08. The van der Waals surface area contributed by atoms with E-state index in [-0.39, 0.29) is 0 Å². The van der Waals surface area contributed by atoms with Crippen molar-refractivity contribution in [1.82, 2.24) is 9.55 Å². The van der Waals surface area contributed by atoms with Crippen molar-refractivity contribution < 1.29 is 0 Å². The summed E-state index contributed by atoms with van der Waals surface area (Å²) in [6.07, 6.45) is 21.7. The Morgan fingerprint density at radius 2 is 1.26 bits per heavy atom. The summed E-state index contributed by atoms with van der Waals surface area (Å²) in [5.74, 6) is 0.480. The molecule has 0 aliphatic heterocycles. The highest BCUT2D eigenvalue weighted by molar-refractivity contribution is 6.51.